The van der Waals surface area contributed by atoms with Gasteiger partial charge in [-0.15, -0.1) is 0 Å². The average Bonchev–Trinajstić information content (AvgIpc) is 2.52. The summed E-state index contributed by atoms with van der Waals surface area (Å²) < 4.78 is 10.7. The molecule has 0 bridgehead atoms. The molecule has 0 atom stereocenters. The van der Waals surface area contributed by atoms with Crippen LogP contribution in [0.2, 0.25) is 5.02 Å². The number of anilines is 1. The minimum Gasteiger partial charge on any atom is -0.496 e. The summed E-state index contributed by atoms with van der Waals surface area (Å²) in [5.41, 5.74) is 2.03. The Bertz CT molecular complexity index is 658. The Balaban J connectivity index is 2.18. The molecule has 0 aliphatic rings. The summed E-state index contributed by atoms with van der Waals surface area (Å²) in [6.45, 7) is 2.92. The number of methoxy groups -OCH3 is 1. The van der Waals surface area contributed by atoms with Gasteiger partial charge < -0.3 is 14.8 Å². The van der Waals surface area contributed by atoms with Crippen molar-refractivity contribution in [3.63, 3.8) is 0 Å². The Labute approximate surface area is 135 Å². The molecule has 2 rings (SSSR count). The minimum absolute atomic E-state index is 0.206. The number of hydrogen-bond donors (Lipinski definition) is 1. The molecular formula is C17H18ClNO3. The van der Waals surface area contributed by atoms with Gasteiger partial charge in [-0.05, 0) is 43.3 Å². The van der Waals surface area contributed by atoms with Crippen molar-refractivity contribution in [2.45, 2.75) is 13.5 Å². The van der Waals surface area contributed by atoms with Crippen molar-refractivity contribution < 1.29 is 14.3 Å². The summed E-state index contributed by atoms with van der Waals surface area (Å²) in [4.78, 5) is 12.3. The van der Waals surface area contributed by atoms with Crippen molar-refractivity contribution in [2.75, 3.05) is 19.0 Å². The van der Waals surface area contributed by atoms with Crippen LogP contribution < -0.4 is 10.1 Å². The number of carbonyl (C=O) groups excluding carboxylic acids is 1. The molecule has 0 fully saturated rings. The first-order valence-electron chi connectivity index (χ1n) is 6.95. The second-order valence-corrected chi connectivity index (χ2v) is 5.06. The number of benzene rings is 2. The van der Waals surface area contributed by atoms with Crippen molar-refractivity contribution in [1.82, 2.24) is 0 Å². The van der Waals surface area contributed by atoms with Crippen LogP contribution in [0.15, 0.2) is 42.5 Å². The molecule has 0 spiro atoms. The van der Waals surface area contributed by atoms with Gasteiger partial charge in [-0.3, -0.25) is 4.79 Å². The third-order valence-electron chi connectivity index (χ3n) is 3.09. The van der Waals surface area contributed by atoms with E-state index in [0.29, 0.717) is 35.2 Å². The molecule has 0 saturated heterocycles. The summed E-state index contributed by atoms with van der Waals surface area (Å²) in [6, 6.07) is 12.3. The number of ether oxygens (including phenoxy) is 2. The van der Waals surface area contributed by atoms with Crippen molar-refractivity contribution in [3.05, 3.63) is 58.6 Å². The summed E-state index contributed by atoms with van der Waals surface area (Å²) >= 11 is 5.91. The molecule has 2 aromatic rings. The lowest BCUT2D eigenvalue weighted by Gasteiger charge is -2.11. The normalized spacial score (nSPS) is 10.3. The molecular weight excluding hydrogens is 302 g/mol. The molecule has 0 saturated carbocycles. The van der Waals surface area contributed by atoms with Gasteiger partial charge in [0.2, 0.25) is 0 Å². The molecule has 1 amide bonds. The van der Waals surface area contributed by atoms with Gasteiger partial charge in [-0.1, -0.05) is 17.7 Å². The van der Waals surface area contributed by atoms with E-state index in [1.165, 1.54) is 0 Å². The van der Waals surface area contributed by atoms with Crippen LogP contribution in [0.4, 0.5) is 5.69 Å². The molecule has 4 nitrogen and oxygen atoms in total. The summed E-state index contributed by atoms with van der Waals surface area (Å²) in [5.74, 6) is 0.496. The maximum absolute atomic E-state index is 12.3. The molecule has 0 radical (unpaired) electrons. The van der Waals surface area contributed by atoms with E-state index in [0.717, 1.165) is 5.56 Å². The number of amides is 1. The predicted molar refractivity (Wildman–Crippen MR) is 87.7 cm³/mol. The van der Waals surface area contributed by atoms with E-state index < -0.39 is 0 Å². The van der Waals surface area contributed by atoms with Crippen molar-refractivity contribution in [1.29, 1.82) is 0 Å². The van der Waals surface area contributed by atoms with Crippen LogP contribution in [0, 0.1) is 0 Å². The van der Waals surface area contributed by atoms with Crippen LogP contribution in [0.1, 0.15) is 22.8 Å². The van der Waals surface area contributed by atoms with E-state index in [4.69, 9.17) is 21.1 Å². The fourth-order valence-corrected chi connectivity index (χ4v) is 2.20. The first kappa shape index (κ1) is 16.3. The van der Waals surface area contributed by atoms with Crippen LogP contribution in [0.3, 0.4) is 0 Å². The highest BCUT2D eigenvalue weighted by Gasteiger charge is 2.11. The fourth-order valence-electron chi connectivity index (χ4n) is 2.01. The Morgan fingerprint density at radius 1 is 1.23 bits per heavy atom. The smallest absolute Gasteiger partial charge is 0.255 e. The lowest BCUT2D eigenvalue weighted by molar-refractivity contribution is 0.102. The van der Waals surface area contributed by atoms with Crippen LogP contribution in [-0.4, -0.2) is 19.6 Å². The fraction of sp³-hybridized carbons (Fsp3) is 0.235. The molecule has 5 heteroatoms. The molecule has 116 valence electrons. The van der Waals surface area contributed by atoms with Crippen molar-refractivity contribution in [3.8, 4) is 5.75 Å². The Morgan fingerprint density at radius 3 is 2.73 bits per heavy atom. The van der Waals surface area contributed by atoms with E-state index in [9.17, 15) is 4.79 Å². The molecule has 1 N–H and O–H groups in total. The topological polar surface area (TPSA) is 47.6 Å². The molecule has 0 unspecified atom stereocenters. The number of halogens is 1. The largest absolute Gasteiger partial charge is 0.496 e. The lowest BCUT2D eigenvalue weighted by Crippen LogP contribution is -2.12. The number of hydrogen-bond acceptors (Lipinski definition) is 3. The maximum atomic E-state index is 12.3. The number of rotatable bonds is 6. The van der Waals surface area contributed by atoms with Crippen molar-refractivity contribution in [2.24, 2.45) is 0 Å². The zero-order chi connectivity index (χ0) is 15.9. The third kappa shape index (κ3) is 4.23. The quantitative estimate of drug-likeness (QED) is 0.870. The van der Waals surface area contributed by atoms with E-state index in [2.05, 4.69) is 5.32 Å². The second kappa shape index (κ2) is 7.82. The van der Waals surface area contributed by atoms with Crippen LogP contribution >= 0.6 is 11.6 Å². The Hall–Kier alpha value is -2.04. The second-order valence-electron chi connectivity index (χ2n) is 4.63. The van der Waals surface area contributed by atoms with Gasteiger partial charge in [0.1, 0.15) is 5.75 Å². The molecule has 0 aromatic heterocycles. The summed E-state index contributed by atoms with van der Waals surface area (Å²) in [6.07, 6.45) is 0. The zero-order valence-electron chi connectivity index (χ0n) is 12.6. The van der Waals surface area contributed by atoms with Crippen LogP contribution in [0.25, 0.3) is 0 Å². The molecule has 22 heavy (non-hydrogen) atoms. The molecule has 0 aliphatic heterocycles. The van der Waals surface area contributed by atoms with Crippen LogP contribution in [-0.2, 0) is 11.3 Å². The van der Waals surface area contributed by atoms with Gasteiger partial charge in [-0.25, -0.2) is 0 Å². The zero-order valence-corrected chi connectivity index (χ0v) is 13.3. The highest BCUT2D eigenvalue weighted by atomic mass is 35.5. The monoisotopic (exact) mass is 319 g/mol. The van der Waals surface area contributed by atoms with E-state index >= 15 is 0 Å². The predicted octanol–water partition coefficient (Wildman–Crippen LogP) is 4.14. The average molecular weight is 320 g/mol. The first-order valence-corrected chi connectivity index (χ1v) is 7.33. The molecule has 2 aromatic carbocycles. The van der Waals surface area contributed by atoms with Gasteiger partial charge in [0, 0.05) is 28.4 Å². The lowest BCUT2D eigenvalue weighted by atomic mass is 10.1. The van der Waals surface area contributed by atoms with Gasteiger partial charge in [0.05, 0.1) is 13.7 Å². The Kier molecular flexibility index (Phi) is 5.81. The van der Waals surface area contributed by atoms with Gasteiger partial charge in [0.15, 0.2) is 0 Å². The van der Waals surface area contributed by atoms with Crippen LogP contribution in [0.5, 0.6) is 5.75 Å². The van der Waals surface area contributed by atoms with Gasteiger partial charge in [0.25, 0.3) is 5.91 Å². The molecule has 0 aliphatic carbocycles. The Morgan fingerprint density at radius 2 is 2.05 bits per heavy atom. The van der Waals surface area contributed by atoms with E-state index in [-0.39, 0.29) is 5.91 Å². The first-order chi connectivity index (χ1) is 10.6. The van der Waals surface area contributed by atoms with Crippen molar-refractivity contribution >= 4 is 23.2 Å². The third-order valence-corrected chi connectivity index (χ3v) is 3.32. The highest BCUT2D eigenvalue weighted by Crippen LogP contribution is 2.22. The summed E-state index contributed by atoms with van der Waals surface area (Å²) in [7, 11) is 1.59. The standard InChI is InChI=1S/C17H18ClNO3/c1-3-22-11-13-9-12(7-8-16(13)21-2)17(20)19-15-6-4-5-14(18)10-15/h4-10H,3,11H2,1-2H3,(H,19,20). The summed E-state index contributed by atoms with van der Waals surface area (Å²) in [5, 5.41) is 3.39. The number of carbonyl (C=O) groups is 1. The SMILES string of the molecule is CCOCc1cc(C(=O)Nc2cccc(Cl)c2)ccc1OC. The van der Waals surface area contributed by atoms with E-state index in [1.54, 1.807) is 49.6 Å². The minimum atomic E-state index is -0.206. The van der Waals surface area contributed by atoms with Gasteiger partial charge >= 0.3 is 0 Å². The molecule has 0 heterocycles. The maximum Gasteiger partial charge on any atom is 0.255 e. The van der Waals surface area contributed by atoms with Gasteiger partial charge in [-0.2, -0.15) is 0 Å². The highest BCUT2D eigenvalue weighted by molar-refractivity contribution is 6.30. The number of nitrogens with one attached hydrogen (secondary N) is 1. The van der Waals surface area contributed by atoms with E-state index in [1.807, 2.05) is 6.92 Å².